The Balaban J connectivity index is 2.17. The van der Waals surface area contributed by atoms with Gasteiger partial charge in [-0.15, -0.1) is 11.3 Å². The predicted octanol–water partition coefficient (Wildman–Crippen LogP) is 2.72. The van der Waals surface area contributed by atoms with Crippen LogP contribution in [0.2, 0.25) is 0 Å². The van der Waals surface area contributed by atoms with Crippen molar-refractivity contribution in [3.05, 3.63) is 15.6 Å². The molecule has 1 aliphatic heterocycles. The van der Waals surface area contributed by atoms with E-state index in [0.717, 1.165) is 13.2 Å². The van der Waals surface area contributed by atoms with E-state index in [0.29, 0.717) is 0 Å². The molecular weight excluding hydrogens is 264 g/mol. The summed E-state index contributed by atoms with van der Waals surface area (Å²) in [6, 6.07) is 0. The minimum Gasteiger partial charge on any atom is -0.383 e. The van der Waals surface area contributed by atoms with Gasteiger partial charge in [-0.05, 0) is 38.2 Å². The predicted molar refractivity (Wildman–Crippen MR) is 79.7 cm³/mol. The third-order valence-electron chi connectivity index (χ3n) is 3.55. The molecule has 1 aromatic heterocycles. The average Bonchev–Trinajstić information content (AvgIpc) is 2.72. The lowest BCUT2D eigenvalue weighted by Crippen LogP contribution is -2.46. The van der Waals surface area contributed by atoms with Gasteiger partial charge >= 0.3 is 0 Å². The molecule has 0 aliphatic carbocycles. The van der Waals surface area contributed by atoms with Crippen LogP contribution in [0.4, 0.5) is 0 Å². The third-order valence-corrected chi connectivity index (χ3v) is 5.82. The Kier molecular flexibility index (Phi) is 5.06. The molecule has 1 N–H and O–H groups in total. The quantitative estimate of drug-likeness (QED) is 0.844. The van der Waals surface area contributed by atoms with Gasteiger partial charge in [-0.2, -0.15) is 11.8 Å². The van der Waals surface area contributed by atoms with Crippen LogP contribution < -0.4 is 5.32 Å². The van der Waals surface area contributed by atoms with Crippen LogP contribution in [0.3, 0.4) is 0 Å². The number of aromatic nitrogens is 1. The van der Waals surface area contributed by atoms with Crippen molar-refractivity contribution < 1.29 is 4.74 Å². The SMILES string of the molecule is COCCNC1(c2nc(C)c(C)s2)CCSCC1. The van der Waals surface area contributed by atoms with Crippen molar-refractivity contribution in [1.82, 2.24) is 10.3 Å². The Morgan fingerprint density at radius 3 is 2.61 bits per heavy atom. The van der Waals surface area contributed by atoms with Gasteiger partial charge in [0.1, 0.15) is 5.01 Å². The summed E-state index contributed by atoms with van der Waals surface area (Å²) >= 11 is 3.90. The fourth-order valence-electron chi connectivity index (χ4n) is 2.26. The maximum absolute atomic E-state index is 5.16. The molecule has 3 nitrogen and oxygen atoms in total. The van der Waals surface area contributed by atoms with Gasteiger partial charge in [0.15, 0.2) is 0 Å². The minimum atomic E-state index is 0.0907. The number of rotatable bonds is 5. The second-order valence-corrected chi connectivity index (χ2v) is 7.20. The fraction of sp³-hybridized carbons (Fsp3) is 0.769. The Morgan fingerprint density at radius 2 is 2.06 bits per heavy atom. The highest BCUT2D eigenvalue weighted by Crippen LogP contribution is 2.38. The van der Waals surface area contributed by atoms with Gasteiger partial charge < -0.3 is 10.1 Å². The molecule has 5 heteroatoms. The molecule has 0 spiro atoms. The van der Waals surface area contributed by atoms with Crippen molar-refractivity contribution in [2.75, 3.05) is 31.8 Å². The van der Waals surface area contributed by atoms with Crippen LogP contribution in [-0.2, 0) is 10.3 Å². The zero-order valence-corrected chi connectivity index (χ0v) is 13.0. The van der Waals surface area contributed by atoms with Gasteiger partial charge in [0.2, 0.25) is 0 Å². The number of thiazole rings is 1. The van der Waals surface area contributed by atoms with E-state index in [2.05, 4.69) is 19.2 Å². The largest absolute Gasteiger partial charge is 0.383 e. The van der Waals surface area contributed by atoms with Gasteiger partial charge in [0.25, 0.3) is 0 Å². The van der Waals surface area contributed by atoms with Crippen molar-refractivity contribution in [3.8, 4) is 0 Å². The summed E-state index contributed by atoms with van der Waals surface area (Å²) in [5.41, 5.74) is 1.27. The van der Waals surface area contributed by atoms with Crippen LogP contribution in [0.5, 0.6) is 0 Å². The highest BCUT2D eigenvalue weighted by Gasteiger charge is 2.36. The van der Waals surface area contributed by atoms with Gasteiger partial charge in [0, 0.05) is 18.5 Å². The molecule has 0 saturated carbocycles. The summed E-state index contributed by atoms with van der Waals surface area (Å²) in [6.07, 6.45) is 2.35. The van der Waals surface area contributed by atoms with E-state index in [1.54, 1.807) is 7.11 Å². The molecule has 18 heavy (non-hydrogen) atoms. The second kappa shape index (κ2) is 6.37. The van der Waals surface area contributed by atoms with Crippen molar-refractivity contribution >= 4 is 23.1 Å². The maximum atomic E-state index is 5.16. The third kappa shape index (κ3) is 3.07. The van der Waals surface area contributed by atoms with E-state index in [-0.39, 0.29) is 5.54 Å². The monoisotopic (exact) mass is 286 g/mol. The van der Waals surface area contributed by atoms with Crippen LogP contribution in [0, 0.1) is 13.8 Å². The first kappa shape index (κ1) is 14.3. The summed E-state index contributed by atoms with van der Waals surface area (Å²) < 4.78 is 5.16. The first-order valence-corrected chi connectivity index (χ1v) is 8.41. The van der Waals surface area contributed by atoms with Crippen molar-refractivity contribution in [2.45, 2.75) is 32.2 Å². The number of hydrogen-bond acceptors (Lipinski definition) is 5. The van der Waals surface area contributed by atoms with Crippen LogP contribution in [0.1, 0.15) is 28.4 Å². The van der Waals surface area contributed by atoms with E-state index in [1.807, 2.05) is 23.1 Å². The first-order chi connectivity index (χ1) is 8.68. The fourth-order valence-corrected chi connectivity index (χ4v) is 4.58. The number of nitrogens with one attached hydrogen (secondary N) is 1. The van der Waals surface area contributed by atoms with E-state index in [9.17, 15) is 0 Å². The van der Waals surface area contributed by atoms with Crippen LogP contribution in [0.25, 0.3) is 0 Å². The molecular formula is C13H22N2OS2. The zero-order valence-electron chi connectivity index (χ0n) is 11.4. The number of aryl methyl sites for hydroxylation is 2. The lowest BCUT2D eigenvalue weighted by Gasteiger charge is -2.36. The van der Waals surface area contributed by atoms with Crippen LogP contribution in [0.15, 0.2) is 0 Å². The van der Waals surface area contributed by atoms with Crippen LogP contribution >= 0.6 is 23.1 Å². The molecule has 1 fully saturated rings. The number of hydrogen-bond donors (Lipinski definition) is 1. The number of nitrogens with zero attached hydrogens (tertiary/aromatic N) is 1. The van der Waals surface area contributed by atoms with Gasteiger partial charge in [-0.1, -0.05) is 0 Å². The molecule has 102 valence electrons. The van der Waals surface area contributed by atoms with Crippen molar-refractivity contribution in [2.24, 2.45) is 0 Å². The van der Waals surface area contributed by atoms with E-state index >= 15 is 0 Å². The summed E-state index contributed by atoms with van der Waals surface area (Å²) in [5, 5.41) is 4.97. The molecule has 2 rings (SSSR count). The lowest BCUT2D eigenvalue weighted by molar-refractivity contribution is 0.179. The van der Waals surface area contributed by atoms with E-state index in [1.165, 1.54) is 39.9 Å². The standard InChI is InChI=1S/C13H22N2OS2/c1-10-11(2)18-12(15-10)13(14-6-7-16-3)4-8-17-9-5-13/h14H,4-9H2,1-3H3. The van der Waals surface area contributed by atoms with Gasteiger partial charge in [-0.25, -0.2) is 4.98 Å². The minimum absolute atomic E-state index is 0.0907. The summed E-state index contributed by atoms with van der Waals surface area (Å²) in [5.74, 6) is 2.44. The number of methoxy groups -OCH3 is 1. The molecule has 2 heterocycles. The molecule has 0 atom stereocenters. The van der Waals surface area contributed by atoms with Crippen molar-refractivity contribution in [1.29, 1.82) is 0 Å². The van der Waals surface area contributed by atoms with Gasteiger partial charge in [-0.3, -0.25) is 0 Å². The second-order valence-electron chi connectivity index (χ2n) is 4.77. The Hall–Kier alpha value is -0.100. The maximum Gasteiger partial charge on any atom is 0.113 e. The summed E-state index contributed by atoms with van der Waals surface area (Å²) in [6.45, 7) is 5.93. The Bertz CT molecular complexity index is 367. The smallest absolute Gasteiger partial charge is 0.113 e. The topological polar surface area (TPSA) is 34.1 Å². The average molecular weight is 286 g/mol. The van der Waals surface area contributed by atoms with Gasteiger partial charge in [0.05, 0.1) is 17.8 Å². The van der Waals surface area contributed by atoms with Crippen molar-refractivity contribution in [3.63, 3.8) is 0 Å². The molecule has 0 aromatic carbocycles. The van der Waals surface area contributed by atoms with E-state index in [4.69, 9.17) is 9.72 Å². The molecule has 1 aromatic rings. The first-order valence-electron chi connectivity index (χ1n) is 6.44. The molecule has 0 bridgehead atoms. The lowest BCUT2D eigenvalue weighted by atomic mass is 9.93. The summed E-state index contributed by atoms with van der Waals surface area (Å²) in [7, 11) is 1.75. The molecule has 0 amide bonds. The Morgan fingerprint density at radius 1 is 1.33 bits per heavy atom. The normalized spacial score (nSPS) is 19.1. The highest BCUT2D eigenvalue weighted by molar-refractivity contribution is 7.99. The molecule has 1 saturated heterocycles. The van der Waals surface area contributed by atoms with Crippen LogP contribution in [-0.4, -0.2) is 36.8 Å². The molecule has 0 unspecified atom stereocenters. The molecule has 1 aliphatic rings. The molecule has 0 radical (unpaired) electrons. The van der Waals surface area contributed by atoms with E-state index < -0.39 is 0 Å². The highest BCUT2D eigenvalue weighted by atomic mass is 32.2. The Labute approximate surface area is 118 Å². The number of thioether (sulfide) groups is 1. The number of ether oxygens (including phenoxy) is 1. The zero-order chi connectivity index (χ0) is 13.0. The summed E-state index contributed by atoms with van der Waals surface area (Å²) in [4.78, 5) is 6.13.